The maximum absolute atomic E-state index is 6.20. The SMILES string of the molecule is CC(C)CC1CN(CC2CCC(C)(C)O2)C(C)(C)CN1. The second-order valence-corrected chi connectivity index (χ2v) is 8.46. The third-order valence-corrected chi connectivity index (χ3v) is 4.85. The van der Waals surface area contributed by atoms with E-state index in [1.54, 1.807) is 0 Å². The molecular formula is C17H34N2O. The van der Waals surface area contributed by atoms with Crippen LogP contribution in [-0.4, -0.2) is 47.8 Å². The van der Waals surface area contributed by atoms with Crippen molar-refractivity contribution >= 4 is 0 Å². The number of nitrogens with one attached hydrogen (secondary N) is 1. The summed E-state index contributed by atoms with van der Waals surface area (Å²) in [5, 5.41) is 3.73. The fraction of sp³-hybridized carbons (Fsp3) is 1.00. The van der Waals surface area contributed by atoms with E-state index in [0.717, 1.165) is 25.6 Å². The maximum atomic E-state index is 6.20. The third kappa shape index (κ3) is 4.19. The minimum atomic E-state index is 0.0835. The van der Waals surface area contributed by atoms with Crippen molar-refractivity contribution < 1.29 is 4.74 Å². The Bertz CT molecular complexity index is 325. The molecule has 2 heterocycles. The maximum Gasteiger partial charge on any atom is 0.0710 e. The number of nitrogens with zero attached hydrogens (tertiary/aromatic N) is 1. The van der Waals surface area contributed by atoms with Crippen LogP contribution in [0.1, 0.15) is 60.8 Å². The highest BCUT2D eigenvalue weighted by Crippen LogP contribution is 2.31. The summed E-state index contributed by atoms with van der Waals surface area (Å²) < 4.78 is 6.20. The minimum absolute atomic E-state index is 0.0835. The summed E-state index contributed by atoms with van der Waals surface area (Å²) in [6, 6.07) is 0.637. The number of hydrogen-bond donors (Lipinski definition) is 1. The van der Waals surface area contributed by atoms with Crippen LogP contribution < -0.4 is 5.32 Å². The van der Waals surface area contributed by atoms with Crippen LogP contribution in [0, 0.1) is 5.92 Å². The van der Waals surface area contributed by atoms with Crippen LogP contribution in [0.15, 0.2) is 0 Å². The molecule has 118 valence electrons. The lowest BCUT2D eigenvalue weighted by Gasteiger charge is -2.47. The Morgan fingerprint density at radius 2 is 1.95 bits per heavy atom. The molecule has 20 heavy (non-hydrogen) atoms. The summed E-state index contributed by atoms with van der Waals surface area (Å²) in [6.07, 6.45) is 4.09. The van der Waals surface area contributed by atoms with Crippen molar-refractivity contribution in [1.82, 2.24) is 10.2 Å². The van der Waals surface area contributed by atoms with Crippen molar-refractivity contribution in [1.29, 1.82) is 0 Å². The zero-order valence-electron chi connectivity index (χ0n) is 14.3. The van der Waals surface area contributed by atoms with Crippen molar-refractivity contribution in [3.05, 3.63) is 0 Å². The van der Waals surface area contributed by atoms with Crippen LogP contribution in [0.4, 0.5) is 0 Å². The van der Waals surface area contributed by atoms with Gasteiger partial charge < -0.3 is 10.1 Å². The monoisotopic (exact) mass is 282 g/mol. The molecule has 3 nitrogen and oxygen atoms in total. The summed E-state index contributed by atoms with van der Waals surface area (Å²) in [7, 11) is 0. The van der Waals surface area contributed by atoms with Crippen LogP contribution in [0.25, 0.3) is 0 Å². The first-order valence-corrected chi connectivity index (χ1v) is 8.34. The highest BCUT2D eigenvalue weighted by molar-refractivity contribution is 4.95. The van der Waals surface area contributed by atoms with Gasteiger partial charge in [-0.1, -0.05) is 13.8 Å². The largest absolute Gasteiger partial charge is 0.371 e. The quantitative estimate of drug-likeness (QED) is 0.858. The first-order valence-electron chi connectivity index (χ1n) is 8.34. The van der Waals surface area contributed by atoms with E-state index in [0.29, 0.717) is 12.1 Å². The second kappa shape index (κ2) is 5.94. The standard InChI is InChI=1S/C17H34N2O/c1-13(2)9-14-10-19(16(3,4)12-18-14)11-15-7-8-17(5,6)20-15/h13-15,18H,7-12H2,1-6H3. The lowest BCUT2D eigenvalue weighted by atomic mass is 9.93. The van der Waals surface area contributed by atoms with E-state index in [2.05, 4.69) is 51.8 Å². The molecule has 2 fully saturated rings. The van der Waals surface area contributed by atoms with E-state index in [1.807, 2.05) is 0 Å². The Kier molecular flexibility index (Phi) is 4.83. The van der Waals surface area contributed by atoms with Gasteiger partial charge in [-0.2, -0.15) is 0 Å². The molecule has 2 saturated heterocycles. The van der Waals surface area contributed by atoms with Gasteiger partial charge in [0.1, 0.15) is 0 Å². The molecule has 3 heteroatoms. The van der Waals surface area contributed by atoms with Crippen LogP contribution in [0.5, 0.6) is 0 Å². The summed E-state index contributed by atoms with van der Waals surface area (Å²) in [5.74, 6) is 0.761. The minimum Gasteiger partial charge on any atom is -0.371 e. The van der Waals surface area contributed by atoms with E-state index >= 15 is 0 Å². The zero-order chi connectivity index (χ0) is 15.0. The number of hydrogen-bond acceptors (Lipinski definition) is 3. The molecule has 2 rings (SSSR count). The summed E-state index contributed by atoms with van der Waals surface area (Å²) in [6.45, 7) is 17.1. The molecule has 0 bridgehead atoms. The van der Waals surface area contributed by atoms with Gasteiger partial charge in [-0.25, -0.2) is 0 Å². The normalized spacial score (nSPS) is 33.8. The van der Waals surface area contributed by atoms with Crippen molar-refractivity contribution in [3.63, 3.8) is 0 Å². The Balaban J connectivity index is 1.93. The predicted molar refractivity (Wildman–Crippen MR) is 85.1 cm³/mol. The molecule has 0 aromatic heterocycles. The van der Waals surface area contributed by atoms with Crippen molar-refractivity contribution in [2.75, 3.05) is 19.6 Å². The van der Waals surface area contributed by atoms with Gasteiger partial charge in [0, 0.05) is 31.2 Å². The van der Waals surface area contributed by atoms with Gasteiger partial charge in [0.15, 0.2) is 0 Å². The molecule has 0 aromatic rings. The molecule has 2 unspecified atom stereocenters. The number of ether oxygens (including phenoxy) is 1. The summed E-state index contributed by atoms with van der Waals surface area (Å²) >= 11 is 0. The topological polar surface area (TPSA) is 24.5 Å². The third-order valence-electron chi connectivity index (χ3n) is 4.85. The molecule has 2 aliphatic heterocycles. The Morgan fingerprint density at radius 3 is 2.50 bits per heavy atom. The average Bonchev–Trinajstić information content (AvgIpc) is 2.63. The predicted octanol–water partition coefficient (Wildman–Crippen LogP) is 3.04. The smallest absolute Gasteiger partial charge is 0.0710 e. The highest BCUT2D eigenvalue weighted by atomic mass is 16.5. The van der Waals surface area contributed by atoms with Crippen molar-refractivity contribution in [3.8, 4) is 0 Å². The van der Waals surface area contributed by atoms with E-state index < -0.39 is 0 Å². The molecule has 0 amide bonds. The average molecular weight is 282 g/mol. The van der Waals surface area contributed by atoms with E-state index in [4.69, 9.17) is 4.74 Å². The molecule has 2 atom stereocenters. The van der Waals surface area contributed by atoms with Crippen LogP contribution >= 0.6 is 0 Å². The van der Waals surface area contributed by atoms with E-state index in [1.165, 1.54) is 19.3 Å². The molecule has 0 radical (unpaired) electrons. The first-order chi connectivity index (χ1) is 9.18. The zero-order valence-corrected chi connectivity index (χ0v) is 14.3. The molecule has 2 aliphatic rings. The fourth-order valence-corrected chi connectivity index (χ4v) is 3.58. The van der Waals surface area contributed by atoms with Crippen LogP contribution in [0.2, 0.25) is 0 Å². The summed E-state index contributed by atoms with van der Waals surface area (Å²) in [4.78, 5) is 2.66. The van der Waals surface area contributed by atoms with Gasteiger partial charge in [0.05, 0.1) is 11.7 Å². The molecule has 1 N–H and O–H groups in total. The van der Waals surface area contributed by atoms with Gasteiger partial charge >= 0.3 is 0 Å². The van der Waals surface area contributed by atoms with Crippen LogP contribution in [0.3, 0.4) is 0 Å². The van der Waals surface area contributed by atoms with Gasteiger partial charge in [0.25, 0.3) is 0 Å². The van der Waals surface area contributed by atoms with Gasteiger partial charge in [0.2, 0.25) is 0 Å². The first kappa shape index (κ1) is 16.3. The Hall–Kier alpha value is -0.120. The molecule has 0 spiro atoms. The van der Waals surface area contributed by atoms with Gasteiger partial charge in [-0.05, 0) is 52.9 Å². The van der Waals surface area contributed by atoms with Crippen molar-refractivity contribution in [2.45, 2.75) is 84.1 Å². The Morgan fingerprint density at radius 1 is 1.25 bits per heavy atom. The highest BCUT2D eigenvalue weighted by Gasteiger charge is 2.38. The van der Waals surface area contributed by atoms with Gasteiger partial charge in [-0.15, -0.1) is 0 Å². The van der Waals surface area contributed by atoms with Crippen molar-refractivity contribution in [2.24, 2.45) is 5.92 Å². The lowest BCUT2D eigenvalue weighted by Crippen LogP contribution is -2.63. The van der Waals surface area contributed by atoms with E-state index in [9.17, 15) is 0 Å². The van der Waals surface area contributed by atoms with Gasteiger partial charge in [-0.3, -0.25) is 4.90 Å². The molecule has 0 aromatic carbocycles. The molecular weight excluding hydrogens is 248 g/mol. The Labute approximate surface area is 125 Å². The molecule has 0 saturated carbocycles. The summed E-state index contributed by atoms with van der Waals surface area (Å²) in [5.41, 5.74) is 0.323. The fourth-order valence-electron chi connectivity index (χ4n) is 3.58. The second-order valence-electron chi connectivity index (χ2n) is 8.46. The van der Waals surface area contributed by atoms with E-state index in [-0.39, 0.29) is 11.1 Å². The molecule has 0 aliphatic carbocycles. The number of piperazine rings is 1. The number of rotatable bonds is 4. The van der Waals surface area contributed by atoms with Crippen LogP contribution in [-0.2, 0) is 4.74 Å². The lowest BCUT2D eigenvalue weighted by molar-refractivity contribution is -0.0502.